The Kier molecular flexibility index (Phi) is 3.05. The summed E-state index contributed by atoms with van der Waals surface area (Å²) in [6.45, 7) is 2.91. The van der Waals surface area contributed by atoms with E-state index in [-0.39, 0.29) is 0 Å². The van der Waals surface area contributed by atoms with Crippen molar-refractivity contribution in [2.24, 2.45) is 5.92 Å². The Morgan fingerprint density at radius 3 is 3.17 bits per heavy atom. The minimum atomic E-state index is 0.722. The van der Waals surface area contributed by atoms with Crippen LogP contribution >= 0.6 is 0 Å². The molecule has 94 valence electrons. The first-order valence-electron chi connectivity index (χ1n) is 6.57. The summed E-state index contributed by atoms with van der Waals surface area (Å²) in [6, 6.07) is 6.11. The summed E-state index contributed by atoms with van der Waals surface area (Å²) in [6.07, 6.45) is 8.27. The Morgan fingerprint density at radius 1 is 1.39 bits per heavy atom. The Hall–Kier alpha value is -1.77. The SMILES string of the molecule is Cc1nc2cc(NCC3CC=CCC3)ccc2o1. The summed E-state index contributed by atoms with van der Waals surface area (Å²) >= 11 is 0. The molecule has 1 atom stereocenters. The summed E-state index contributed by atoms with van der Waals surface area (Å²) in [4.78, 5) is 4.35. The number of oxazole rings is 1. The molecule has 0 aliphatic heterocycles. The molecule has 0 saturated heterocycles. The van der Waals surface area contributed by atoms with Gasteiger partial charge in [0, 0.05) is 19.2 Å². The van der Waals surface area contributed by atoms with E-state index in [0.717, 1.165) is 35.1 Å². The molecule has 18 heavy (non-hydrogen) atoms. The predicted octanol–water partition coefficient (Wildman–Crippen LogP) is 3.90. The second kappa shape index (κ2) is 4.84. The van der Waals surface area contributed by atoms with Crippen LogP contribution in [-0.4, -0.2) is 11.5 Å². The van der Waals surface area contributed by atoms with Crippen molar-refractivity contribution in [2.45, 2.75) is 26.2 Å². The second-order valence-electron chi connectivity index (χ2n) is 4.95. The number of aromatic nitrogens is 1. The average Bonchev–Trinajstić information content (AvgIpc) is 2.77. The molecular weight excluding hydrogens is 224 g/mol. The number of hydrogen-bond acceptors (Lipinski definition) is 3. The lowest BCUT2D eigenvalue weighted by atomic mass is 9.94. The molecule has 1 aromatic heterocycles. The molecule has 1 unspecified atom stereocenters. The second-order valence-corrected chi connectivity index (χ2v) is 4.95. The van der Waals surface area contributed by atoms with Crippen molar-refractivity contribution in [1.82, 2.24) is 4.98 Å². The van der Waals surface area contributed by atoms with Crippen LogP contribution in [0.1, 0.15) is 25.2 Å². The number of anilines is 1. The highest BCUT2D eigenvalue weighted by Gasteiger charge is 2.10. The fourth-order valence-corrected chi connectivity index (χ4v) is 2.46. The van der Waals surface area contributed by atoms with Crippen LogP contribution in [0.4, 0.5) is 5.69 Å². The first kappa shape index (κ1) is 11.3. The maximum atomic E-state index is 5.47. The van der Waals surface area contributed by atoms with Crippen LogP contribution in [0.5, 0.6) is 0 Å². The molecule has 0 radical (unpaired) electrons. The lowest BCUT2D eigenvalue weighted by molar-refractivity contribution is 0.504. The number of allylic oxidation sites excluding steroid dienone is 2. The molecule has 3 nitrogen and oxygen atoms in total. The third-order valence-electron chi connectivity index (χ3n) is 3.47. The van der Waals surface area contributed by atoms with E-state index in [0.29, 0.717) is 0 Å². The normalized spacial score (nSPS) is 19.3. The predicted molar refractivity (Wildman–Crippen MR) is 73.7 cm³/mol. The van der Waals surface area contributed by atoms with Gasteiger partial charge in [0.2, 0.25) is 0 Å². The molecule has 1 aliphatic carbocycles. The molecule has 0 fully saturated rings. The zero-order valence-corrected chi connectivity index (χ0v) is 10.6. The monoisotopic (exact) mass is 242 g/mol. The first-order valence-corrected chi connectivity index (χ1v) is 6.57. The van der Waals surface area contributed by atoms with Crippen molar-refractivity contribution in [3.63, 3.8) is 0 Å². The Balaban J connectivity index is 1.68. The highest BCUT2D eigenvalue weighted by molar-refractivity contribution is 5.77. The van der Waals surface area contributed by atoms with E-state index < -0.39 is 0 Å². The van der Waals surface area contributed by atoms with E-state index >= 15 is 0 Å². The van der Waals surface area contributed by atoms with Crippen molar-refractivity contribution in [1.29, 1.82) is 0 Å². The van der Waals surface area contributed by atoms with Gasteiger partial charge in [-0.2, -0.15) is 0 Å². The molecule has 1 heterocycles. The third-order valence-corrected chi connectivity index (χ3v) is 3.47. The van der Waals surface area contributed by atoms with E-state index in [9.17, 15) is 0 Å². The van der Waals surface area contributed by atoms with E-state index in [2.05, 4.69) is 34.6 Å². The standard InChI is InChI=1S/C15H18N2O/c1-11-17-14-9-13(7-8-15(14)18-11)16-10-12-5-3-2-4-6-12/h2-3,7-9,12,16H,4-6,10H2,1H3. The molecule has 0 bridgehead atoms. The van der Waals surface area contributed by atoms with Gasteiger partial charge in [-0.15, -0.1) is 0 Å². The van der Waals surface area contributed by atoms with Gasteiger partial charge in [0.15, 0.2) is 11.5 Å². The largest absolute Gasteiger partial charge is 0.441 e. The summed E-state index contributed by atoms with van der Waals surface area (Å²) in [5.74, 6) is 1.48. The number of rotatable bonds is 3. The zero-order chi connectivity index (χ0) is 12.4. The molecule has 2 aromatic rings. The van der Waals surface area contributed by atoms with E-state index in [4.69, 9.17) is 4.42 Å². The van der Waals surface area contributed by atoms with Gasteiger partial charge < -0.3 is 9.73 Å². The quantitative estimate of drug-likeness (QED) is 0.829. The molecule has 1 N–H and O–H groups in total. The van der Waals surface area contributed by atoms with Crippen LogP contribution in [0, 0.1) is 12.8 Å². The van der Waals surface area contributed by atoms with Crippen LogP contribution in [0.2, 0.25) is 0 Å². The summed E-state index contributed by atoms with van der Waals surface area (Å²) in [7, 11) is 0. The van der Waals surface area contributed by atoms with Gasteiger partial charge in [-0.1, -0.05) is 12.2 Å². The van der Waals surface area contributed by atoms with Crippen molar-refractivity contribution >= 4 is 16.8 Å². The summed E-state index contributed by atoms with van der Waals surface area (Å²) in [5, 5.41) is 3.50. The first-order chi connectivity index (χ1) is 8.81. The molecule has 1 aliphatic rings. The number of nitrogens with zero attached hydrogens (tertiary/aromatic N) is 1. The maximum absolute atomic E-state index is 5.47. The van der Waals surface area contributed by atoms with E-state index in [1.54, 1.807) is 0 Å². The van der Waals surface area contributed by atoms with Crippen molar-refractivity contribution in [3.05, 3.63) is 36.2 Å². The number of nitrogens with one attached hydrogen (secondary N) is 1. The molecule has 0 amide bonds. The van der Waals surface area contributed by atoms with Crippen LogP contribution in [0.3, 0.4) is 0 Å². The van der Waals surface area contributed by atoms with Gasteiger partial charge in [-0.3, -0.25) is 0 Å². The van der Waals surface area contributed by atoms with Crippen molar-refractivity contribution in [2.75, 3.05) is 11.9 Å². The maximum Gasteiger partial charge on any atom is 0.192 e. The van der Waals surface area contributed by atoms with Crippen molar-refractivity contribution in [3.8, 4) is 0 Å². The van der Waals surface area contributed by atoms with Gasteiger partial charge >= 0.3 is 0 Å². The smallest absolute Gasteiger partial charge is 0.192 e. The van der Waals surface area contributed by atoms with Gasteiger partial charge in [-0.05, 0) is 43.4 Å². The molecular formula is C15H18N2O. The topological polar surface area (TPSA) is 38.1 Å². The summed E-state index contributed by atoms with van der Waals surface area (Å²) in [5.41, 5.74) is 2.92. The lowest BCUT2D eigenvalue weighted by Crippen LogP contribution is -2.15. The van der Waals surface area contributed by atoms with Gasteiger partial charge in [0.05, 0.1) is 0 Å². The van der Waals surface area contributed by atoms with Crippen LogP contribution in [-0.2, 0) is 0 Å². The van der Waals surface area contributed by atoms with E-state index in [1.807, 2.05) is 13.0 Å². The van der Waals surface area contributed by atoms with Gasteiger partial charge in [-0.25, -0.2) is 4.98 Å². The fourth-order valence-electron chi connectivity index (χ4n) is 2.46. The highest BCUT2D eigenvalue weighted by atomic mass is 16.3. The molecule has 0 spiro atoms. The number of aryl methyl sites for hydroxylation is 1. The van der Waals surface area contributed by atoms with Crippen molar-refractivity contribution < 1.29 is 4.42 Å². The number of fused-ring (bicyclic) bond motifs is 1. The number of hydrogen-bond donors (Lipinski definition) is 1. The minimum absolute atomic E-state index is 0.722. The fraction of sp³-hybridized carbons (Fsp3) is 0.400. The molecule has 3 rings (SSSR count). The Bertz CT molecular complexity index is 571. The van der Waals surface area contributed by atoms with Crippen LogP contribution in [0.15, 0.2) is 34.8 Å². The van der Waals surface area contributed by atoms with Gasteiger partial charge in [0.25, 0.3) is 0 Å². The Labute approximate surface area is 107 Å². The zero-order valence-electron chi connectivity index (χ0n) is 10.6. The summed E-state index contributed by atoms with van der Waals surface area (Å²) < 4.78 is 5.47. The minimum Gasteiger partial charge on any atom is -0.441 e. The average molecular weight is 242 g/mol. The van der Waals surface area contributed by atoms with Crippen LogP contribution in [0.25, 0.3) is 11.1 Å². The molecule has 1 aromatic carbocycles. The Morgan fingerprint density at radius 2 is 2.33 bits per heavy atom. The van der Waals surface area contributed by atoms with E-state index in [1.165, 1.54) is 19.3 Å². The highest BCUT2D eigenvalue weighted by Crippen LogP contribution is 2.22. The number of benzene rings is 1. The third kappa shape index (κ3) is 2.40. The lowest BCUT2D eigenvalue weighted by Gasteiger charge is -2.18. The van der Waals surface area contributed by atoms with Gasteiger partial charge in [0.1, 0.15) is 5.52 Å². The van der Waals surface area contributed by atoms with Crippen LogP contribution < -0.4 is 5.32 Å². The molecule has 0 saturated carbocycles. The molecule has 3 heteroatoms.